The van der Waals surface area contributed by atoms with Crippen LogP contribution in [0.5, 0.6) is 11.5 Å². The molecular weight excluding hydrogens is 354 g/mol. The smallest absolute Gasteiger partial charge is 0.265 e. The van der Waals surface area contributed by atoms with Crippen molar-refractivity contribution in [2.75, 3.05) is 6.79 Å². The van der Waals surface area contributed by atoms with Crippen molar-refractivity contribution in [3.05, 3.63) is 64.0 Å². The highest BCUT2D eigenvalue weighted by Crippen LogP contribution is 2.39. The Balaban J connectivity index is 1.77. The average molecular weight is 366 g/mol. The number of fused-ring (bicyclic) bond motifs is 1. The molecule has 0 saturated heterocycles. The summed E-state index contributed by atoms with van der Waals surface area (Å²) in [5.74, 6) is -0.183. The van der Waals surface area contributed by atoms with Crippen molar-refractivity contribution in [1.29, 1.82) is 0 Å². The van der Waals surface area contributed by atoms with Crippen LogP contribution in [0.2, 0.25) is 5.02 Å². The molecule has 124 valence electrons. The van der Waals surface area contributed by atoms with Gasteiger partial charge in [0.05, 0.1) is 10.4 Å². The van der Waals surface area contributed by atoms with Crippen molar-refractivity contribution in [3.63, 3.8) is 0 Å². The van der Waals surface area contributed by atoms with E-state index in [1.54, 1.807) is 24.3 Å². The van der Waals surface area contributed by atoms with E-state index in [1.165, 1.54) is 18.2 Å². The van der Waals surface area contributed by atoms with Crippen molar-refractivity contribution in [1.82, 2.24) is 4.72 Å². The molecule has 6 nitrogen and oxygen atoms in total. The molecule has 8 heteroatoms. The third-order valence-corrected chi connectivity index (χ3v) is 4.41. The minimum atomic E-state index is -3.95. The maximum Gasteiger partial charge on any atom is 0.265 e. The average Bonchev–Trinajstić information content (AvgIpc) is 3.03. The Hall–Kier alpha value is -2.51. The van der Waals surface area contributed by atoms with Crippen molar-refractivity contribution in [2.45, 2.75) is 0 Å². The molecule has 1 amide bonds. The van der Waals surface area contributed by atoms with Gasteiger partial charge in [0.2, 0.25) is 6.79 Å². The second-order valence-corrected chi connectivity index (χ2v) is 6.85. The number of carbonyl (C=O) groups is 1. The monoisotopic (exact) mass is 365 g/mol. The van der Waals surface area contributed by atoms with Crippen molar-refractivity contribution in [2.24, 2.45) is 0 Å². The number of hydrogen-bond donors (Lipinski definition) is 1. The standard InChI is InChI=1S/C16H12ClNO5S/c17-13-8-12(9-14-15(13)23-10-22-14)16(19)18-24(20,21)7-6-11-4-2-1-3-5-11/h1-9H,10H2,(H,18,19). The largest absolute Gasteiger partial charge is 0.454 e. The molecule has 0 atom stereocenters. The van der Waals surface area contributed by atoms with Gasteiger partial charge in [-0.2, -0.15) is 0 Å². The minimum Gasteiger partial charge on any atom is -0.454 e. The number of nitrogens with one attached hydrogen (secondary N) is 1. The lowest BCUT2D eigenvalue weighted by Gasteiger charge is -2.06. The van der Waals surface area contributed by atoms with Crippen molar-refractivity contribution >= 4 is 33.6 Å². The third-order valence-electron chi connectivity index (χ3n) is 3.16. The highest BCUT2D eigenvalue weighted by molar-refractivity contribution is 7.93. The fourth-order valence-electron chi connectivity index (χ4n) is 2.05. The lowest BCUT2D eigenvalue weighted by Crippen LogP contribution is -2.28. The predicted molar refractivity (Wildman–Crippen MR) is 89.4 cm³/mol. The zero-order chi connectivity index (χ0) is 17.2. The maximum atomic E-state index is 12.1. The maximum absolute atomic E-state index is 12.1. The summed E-state index contributed by atoms with van der Waals surface area (Å²) in [7, 11) is -3.95. The summed E-state index contributed by atoms with van der Waals surface area (Å²) in [6, 6.07) is 11.5. The molecule has 0 unspecified atom stereocenters. The summed E-state index contributed by atoms with van der Waals surface area (Å²) >= 11 is 5.98. The molecule has 0 spiro atoms. The van der Waals surface area contributed by atoms with Gasteiger partial charge in [-0.05, 0) is 23.8 Å². The van der Waals surface area contributed by atoms with Gasteiger partial charge in [-0.25, -0.2) is 13.1 Å². The molecule has 1 heterocycles. The van der Waals surface area contributed by atoms with E-state index in [4.69, 9.17) is 21.1 Å². The molecule has 0 bridgehead atoms. The van der Waals surface area contributed by atoms with E-state index in [9.17, 15) is 13.2 Å². The van der Waals surface area contributed by atoms with E-state index in [0.717, 1.165) is 5.41 Å². The van der Waals surface area contributed by atoms with Gasteiger partial charge in [0.1, 0.15) is 0 Å². The first kappa shape index (κ1) is 16.4. The Morgan fingerprint density at radius 1 is 1.17 bits per heavy atom. The molecular formula is C16H12ClNO5S. The van der Waals surface area contributed by atoms with E-state index in [-0.39, 0.29) is 17.4 Å². The number of rotatable bonds is 4. The number of ether oxygens (including phenoxy) is 2. The van der Waals surface area contributed by atoms with E-state index < -0.39 is 15.9 Å². The number of sulfonamides is 1. The first-order chi connectivity index (χ1) is 11.4. The topological polar surface area (TPSA) is 81.7 Å². The van der Waals surface area contributed by atoms with Crippen LogP contribution >= 0.6 is 11.6 Å². The summed E-state index contributed by atoms with van der Waals surface area (Å²) in [4.78, 5) is 12.1. The Labute approximate surface area is 143 Å². The Morgan fingerprint density at radius 2 is 1.92 bits per heavy atom. The third kappa shape index (κ3) is 3.69. The highest BCUT2D eigenvalue weighted by Gasteiger charge is 2.22. The lowest BCUT2D eigenvalue weighted by atomic mass is 10.2. The van der Waals surface area contributed by atoms with Gasteiger partial charge in [-0.15, -0.1) is 0 Å². The van der Waals surface area contributed by atoms with Gasteiger partial charge < -0.3 is 9.47 Å². The quantitative estimate of drug-likeness (QED) is 0.901. The molecule has 2 aromatic rings. The van der Waals surface area contributed by atoms with E-state index >= 15 is 0 Å². The van der Waals surface area contributed by atoms with Crippen LogP contribution in [0.3, 0.4) is 0 Å². The van der Waals surface area contributed by atoms with Gasteiger partial charge in [0.15, 0.2) is 11.5 Å². The molecule has 1 aliphatic rings. The van der Waals surface area contributed by atoms with Crippen LogP contribution in [0.1, 0.15) is 15.9 Å². The number of carbonyl (C=O) groups excluding carboxylic acids is 1. The fraction of sp³-hybridized carbons (Fsp3) is 0.0625. The molecule has 1 N–H and O–H groups in total. The fourth-order valence-corrected chi connectivity index (χ4v) is 3.10. The molecule has 3 rings (SSSR count). The van der Waals surface area contributed by atoms with Gasteiger partial charge in [0, 0.05) is 5.56 Å². The van der Waals surface area contributed by atoms with Gasteiger partial charge in [-0.1, -0.05) is 41.9 Å². The molecule has 24 heavy (non-hydrogen) atoms. The van der Waals surface area contributed by atoms with Crippen LogP contribution < -0.4 is 14.2 Å². The van der Waals surface area contributed by atoms with E-state index in [0.29, 0.717) is 17.1 Å². The van der Waals surface area contributed by atoms with Gasteiger partial charge >= 0.3 is 0 Å². The van der Waals surface area contributed by atoms with Crippen LogP contribution in [-0.2, 0) is 10.0 Å². The van der Waals surface area contributed by atoms with Crippen LogP contribution in [0.25, 0.3) is 6.08 Å². The van der Waals surface area contributed by atoms with Crippen LogP contribution in [0, 0.1) is 0 Å². The second-order valence-electron chi connectivity index (χ2n) is 4.88. The number of halogens is 1. The van der Waals surface area contributed by atoms with Crippen molar-refractivity contribution in [3.8, 4) is 11.5 Å². The number of hydrogen-bond acceptors (Lipinski definition) is 5. The first-order valence-corrected chi connectivity index (χ1v) is 8.76. The molecule has 0 fully saturated rings. The van der Waals surface area contributed by atoms with Gasteiger partial charge in [-0.3, -0.25) is 4.79 Å². The van der Waals surface area contributed by atoms with Crippen LogP contribution in [0.15, 0.2) is 47.9 Å². The Bertz CT molecular complexity index is 910. The molecule has 0 aromatic heterocycles. The normalized spacial score (nSPS) is 13.2. The molecule has 2 aromatic carbocycles. The first-order valence-electron chi connectivity index (χ1n) is 6.84. The predicted octanol–water partition coefficient (Wildman–Crippen LogP) is 2.80. The minimum absolute atomic E-state index is 0.00175. The molecule has 0 aliphatic carbocycles. The van der Waals surface area contributed by atoms with Crippen LogP contribution in [0.4, 0.5) is 0 Å². The zero-order valence-corrected chi connectivity index (χ0v) is 13.8. The van der Waals surface area contributed by atoms with E-state index in [2.05, 4.69) is 0 Å². The summed E-state index contributed by atoms with van der Waals surface area (Å²) in [5, 5.41) is 1.10. The molecule has 0 saturated carbocycles. The molecule has 0 radical (unpaired) electrons. The second kappa shape index (κ2) is 6.54. The lowest BCUT2D eigenvalue weighted by molar-refractivity contribution is 0.0981. The summed E-state index contributed by atoms with van der Waals surface area (Å²) in [6.07, 6.45) is 1.39. The SMILES string of the molecule is O=C(NS(=O)(=O)C=Cc1ccccc1)c1cc(Cl)c2c(c1)OCO2. The number of benzene rings is 2. The van der Waals surface area contributed by atoms with Crippen LogP contribution in [-0.4, -0.2) is 21.1 Å². The Morgan fingerprint density at radius 3 is 2.67 bits per heavy atom. The summed E-state index contributed by atoms with van der Waals surface area (Å²) in [5.41, 5.74) is 0.752. The summed E-state index contributed by atoms with van der Waals surface area (Å²) < 4.78 is 36.2. The van der Waals surface area contributed by atoms with Gasteiger partial charge in [0.25, 0.3) is 15.9 Å². The molecule has 1 aliphatic heterocycles. The summed E-state index contributed by atoms with van der Waals surface area (Å²) in [6.45, 7) is -0.00175. The Kier molecular flexibility index (Phi) is 4.46. The zero-order valence-electron chi connectivity index (χ0n) is 12.2. The number of amides is 1. The highest BCUT2D eigenvalue weighted by atomic mass is 35.5. The van der Waals surface area contributed by atoms with Crippen molar-refractivity contribution < 1.29 is 22.7 Å². The van der Waals surface area contributed by atoms with E-state index in [1.807, 2.05) is 10.8 Å².